The number of rotatable bonds is 3. The standard InChI is InChI=1S/C14H14N4O/c1-10(18-8-7-16-11(18)2)14(19)17-13-5-3-12(9-15)4-6-13/h3-8,10H,1-2H3,(H,17,19). The topological polar surface area (TPSA) is 70.7 Å². The van der Waals surface area contributed by atoms with Crippen LogP contribution < -0.4 is 5.32 Å². The Morgan fingerprint density at radius 1 is 1.42 bits per heavy atom. The molecule has 0 saturated carbocycles. The number of nitrogens with one attached hydrogen (secondary N) is 1. The highest BCUT2D eigenvalue weighted by Crippen LogP contribution is 2.14. The zero-order chi connectivity index (χ0) is 13.8. The van der Waals surface area contributed by atoms with Crippen molar-refractivity contribution < 1.29 is 4.79 Å². The van der Waals surface area contributed by atoms with Gasteiger partial charge in [-0.1, -0.05) is 0 Å². The first-order valence-electron chi connectivity index (χ1n) is 5.92. The Labute approximate surface area is 111 Å². The van der Waals surface area contributed by atoms with E-state index in [0.717, 1.165) is 5.82 Å². The lowest BCUT2D eigenvalue weighted by Gasteiger charge is -2.15. The van der Waals surface area contributed by atoms with Crippen LogP contribution in [0.3, 0.4) is 0 Å². The minimum absolute atomic E-state index is 0.120. The number of hydrogen-bond acceptors (Lipinski definition) is 3. The molecule has 0 aliphatic carbocycles. The average molecular weight is 254 g/mol. The molecule has 1 aromatic heterocycles. The number of hydrogen-bond donors (Lipinski definition) is 1. The monoisotopic (exact) mass is 254 g/mol. The normalized spacial score (nSPS) is 11.6. The average Bonchev–Trinajstić information content (AvgIpc) is 2.85. The first kappa shape index (κ1) is 12.8. The molecule has 2 aromatic rings. The van der Waals surface area contributed by atoms with Crippen molar-refractivity contribution in [3.63, 3.8) is 0 Å². The first-order chi connectivity index (χ1) is 9.11. The summed E-state index contributed by atoms with van der Waals surface area (Å²) in [6.45, 7) is 3.67. The second-order valence-electron chi connectivity index (χ2n) is 4.24. The fourth-order valence-electron chi connectivity index (χ4n) is 1.80. The Hall–Kier alpha value is -2.61. The van der Waals surface area contributed by atoms with Crippen LogP contribution in [0, 0.1) is 18.3 Å². The Bertz CT molecular complexity index is 622. The van der Waals surface area contributed by atoms with Gasteiger partial charge in [0.05, 0.1) is 11.6 Å². The second-order valence-corrected chi connectivity index (χ2v) is 4.24. The number of imidazole rings is 1. The molecule has 96 valence electrons. The lowest BCUT2D eigenvalue weighted by molar-refractivity contribution is -0.118. The lowest BCUT2D eigenvalue weighted by Crippen LogP contribution is -2.24. The van der Waals surface area contributed by atoms with E-state index in [1.54, 1.807) is 41.2 Å². The van der Waals surface area contributed by atoms with Crippen molar-refractivity contribution in [1.82, 2.24) is 9.55 Å². The van der Waals surface area contributed by atoms with Gasteiger partial charge in [-0.15, -0.1) is 0 Å². The van der Waals surface area contributed by atoms with Gasteiger partial charge in [-0.2, -0.15) is 5.26 Å². The van der Waals surface area contributed by atoms with Crippen LogP contribution in [0.2, 0.25) is 0 Å². The van der Waals surface area contributed by atoms with Crippen LogP contribution in [-0.4, -0.2) is 15.5 Å². The van der Waals surface area contributed by atoms with Crippen molar-refractivity contribution in [2.24, 2.45) is 0 Å². The summed E-state index contributed by atoms with van der Waals surface area (Å²) >= 11 is 0. The van der Waals surface area contributed by atoms with Gasteiger partial charge in [0.1, 0.15) is 11.9 Å². The fourth-order valence-corrected chi connectivity index (χ4v) is 1.80. The number of amides is 1. The second kappa shape index (κ2) is 5.36. The molecule has 0 radical (unpaired) electrons. The molecule has 0 fully saturated rings. The molecule has 1 aromatic carbocycles. The number of nitriles is 1. The number of aromatic nitrogens is 2. The van der Waals surface area contributed by atoms with Gasteiger partial charge in [0.2, 0.25) is 5.91 Å². The van der Waals surface area contributed by atoms with Crippen molar-refractivity contribution >= 4 is 11.6 Å². The summed E-state index contributed by atoms with van der Waals surface area (Å²) in [4.78, 5) is 16.2. The molecule has 1 unspecified atom stereocenters. The highest BCUT2D eigenvalue weighted by atomic mass is 16.2. The number of nitrogens with zero attached hydrogens (tertiary/aromatic N) is 3. The van der Waals surface area contributed by atoms with Crippen LogP contribution in [0.4, 0.5) is 5.69 Å². The maximum atomic E-state index is 12.1. The van der Waals surface area contributed by atoms with Crippen molar-refractivity contribution in [3.8, 4) is 6.07 Å². The molecule has 0 aliphatic rings. The summed E-state index contributed by atoms with van der Waals surface area (Å²) in [5.41, 5.74) is 1.24. The molecule has 5 heteroatoms. The van der Waals surface area contributed by atoms with Gasteiger partial charge in [-0.3, -0.25) is 4.79 Å². The third-order valence-electron chi connectivity index (χ3n) is 2.94. The maximum absolute atomic E-state index is 12.1. The predicted octanol–water partition coefficient (Wildman–Crippen LogP) is 2.26. The fraction of sp³-hybridized carbons (Fsp3) is 0.214. The highest BCUT2D eigenvalue weighted by Gasteiger charge is 2.16. The zero-order valence-corrected chi connectivity index (χ0v) is 10.8. The van der Waals surface area contributed by atoms with E-state index in [9.17, 15) is 4.79 Å². The molecular weight excluding hydrogens is 240 g/mol. The van der Waals surface area contributed by atoms with E-state index in [-0.39, 0.29) is 11.9 Å². The van der Waals surface area contributed by atoms with Gasteiger partial charge < -0.3 is 9.88 Å². The summed E-state index contributed by atoms with van der Waals surface area (Å²) < 4.78 is 1.80. The molecule has 19 heavy (non-hydrogen) atoms. The van der Waals surface area contributed by atoms with E-state index < -0.39 is 0 Å². The van der Waals surface area contributed by atoms with Gasteiger partial charge in [0.15, 0.2) is 0 Å². The third kappa shape index (κ3) is 2.80. The zero-order valence-electron chi connectivity index (χ0n) is 10.8. The van der Waals surface area contributed by atoms with Crippen LogP contribution in [0.1, 0.15) is 24.4 Å². The van der Waals surface area contributed by atoms with E-state index in [2.05, 4.69) is 10.3 Å². The SMILES string of the molecule is Cc1nccn1C(C)C(=O)Nc1ccc(C#N)cc1. The summed E-state index contributed by atoms with van der Waals surface area (Å²) in [7, 11) is 0. The molecule has 0 bridgehead atoms. The Kier molecular flexibility index (Phi) is 3.62. The maximum Gasteiger partial charge on any atom is 0.247 e. The van der Waals surface area contributed by atoms with Crippen LogP contribution in [0.15, 0.2) is 36.7 Å². The van der Waals surface area contributed by atoms with Gasteiger partial charge in [-0.25, -0.2) is 4.98 Å². The molecule has 1 atom stereocenters. The number of carbonyl (C=O) groups excluding carboxylic acids is 1. The van der Waals surface area contributed by atoms with Crippen LogP contribution in [0.5, 0.6) is 0 Å². The molecule has 0 saturated heterocycles. The van der Waals surface area contributed by atoms with E-state index in [1.165, 1.54) is 0 Å². The third-order valence-corrected chi connectivity index (χ3v) is 2.94. The van der Waals surface area contributed by atoms with Gasteiger partial charge in [-0.05, 0) is 38.1 Å². The number of carbonyl (C=O) groups is 1. The van der Waals surface area contributed by atoms with Crippen molar-refractivity contribution in [2.75, 3.05) is 5.32 Å². The van der Waals surface area contributed by atoms with Gasteiger partial charge in [0, 0.05) is 18.1 Å². The van der Waals surface area contributed by atoms with Crippen LogP contribution >= 0.6 is 0 Å². The molecule has 1 heterocycles. The minimum Gasteiger partial charge on any atom is -0.324 e. The Morgan fingerprint density at radius 2 is 2.11 bits per heavy atom. The molecule has 0 spiro atoms. The Balaban J connectivity index is 2.08. The minimum atomic E-state index is -0.335. The summed E-state index contributed by atoms with van der Waals surface area (Å²) in [6, 6.07) is 8.46. The summed E-state index contributed by atoms with van der Waals surface area (Å²) in [5, 5.41) is 11.5. The molecule has 1 N–H and O–H groups in total. The first-order valence-corrected chi connectivity index (χ1v) is 5.92. The summed E-state index contributed by atoms with van der Waals surface area (Å²) in [5.74, 6) is 0.674. The molecule has 1 amide bonds. The van der Waals surface area contributed by atoms with E-state index in [4.69, 9.17) is 5.26 Å². The smallest absolute Gasteiger partial charge is 0.247 e. The van der Waals surface area contributed by atoms with E-state index in [1.807, 2.05) is 19.9 Å². The highest BCUT2D eigenvalue weighted by molar-refractivity contribution is 5.93. The molecule has 0 aliphatic heterocycles. The Morgan fingerprint density at radius 3 is 2.63 bits per heavy atom. The van der Waals surface area contributed by atoms with Crippen LogP contribution in [0.25, 0.3) is 0 Å². The molecule has 2 rings (SSSR count). The molecular formula is C14H14N4O. The van der Waals surface area contributed by atoms with E-state index in [0.29, 0.717) is 11.3 Å². The van der Waals surface area contributed by atoms with Crippen molar-refractivity contribution in [1.29, 1.82) is 5.26 Å². The number of aryl methyl sites for hydroxylation is 1. The quantitative estimate of drug-likeness (QED) is 0.913. The van der Waals surface area contributed by atoms with Crippen LogP contribution in [-0.2, 0) is 4.79 Å². The largest absolute Gasteiger partial charge is 0.324 e. The van der Waals surface area contributed by atoms with Gasteiger partial charge >= 0.3 is 0 Å². The van der Waals surface area contributed by atoms with E-state index >= 15 is 0 Å². The number of anilines is 1. The lowest BCUT2D eigenvalue weighted by atomic mass is 10.2. The summed E-state index contributed by atoms with van der Waals surface area (Å²) in [6.07, 6.45) is 3.44. The van der Waals surface area contributed by atoms with Crippen molar-refractivity contribution in [3.05, 3.63) is 48.0 Å². The predicted molar refractivity (Wildman–Crippen MR) is 71.5 cm³/mol. The molecule has 5 nitrogen and oxygen atoms in total. The number of benzene rings is 1. The van der Waals surface area contributed by atoms with Gasteiger partial charge in [0.25, 0.3) is 0 Å². The van der Waals surface area contributed by atoms with Crippen molar-refractivity contribution in [2.45, 2.75) is 19.9 Å².